The van der Waals surface area contributed by atoms with Gasteiger partial charge in [-0.05, 0) is 57.2 Å². The largest absolute Gasteiger partial charge is 0.504 e. The summed E-state index contributed by atoms with van der Waals surface area (Å²) in [7, 11) is 0. The molecule has 1 aliphatic carbocycles. The molecule has 4 N–H and O–H groups in total. The van der Waals surface area contributed by atoms with Gasteiger partial charge in [0.25, 0.3) is 11.8 Å². The highest BCUT2D eigenvalue weighted by Gasteiger charge is 2.55. The van der Waals surface area contributed by atoms with Crippen LogP contribution in [0.15, 0.2) is 221 Å². The van der Waals surface area contributed by atoms with E-state index in [0.29, 0.717) is 28.4 Å². The molecule has 3 aliphatic heterocycles. The highest BCUT2D eigenvalue weighted by atomic mass is 32.2. The molecule has 13 nitrogen and oxygen atoms in total. The summed E-state index contributed by atoms with van der Waals surface area (Å²) in [6, 6.07) is 52.0. The van der Waals surface area contributed by atoms with Gasteiger partial charge in [-0.3, -0.25) is 19.3 Å². The molecule has 0 saturated carbocycles. The zero-order valence-corrected chi connectivity index (χ0v) is 39.4. The minimum absolute atomic E-state index is 0.0405. The molecule has 4 heterocycles. The Morgan fingerprint density at radius 2 is 1.38 bits per heavy atom. The summed E-state index contributed by atoms with van der Waals surface area (Å²) in [4.78, 5) is 61.2. The number of nitrogens with zero attached hydrogens (tertiary/aromatic N) is 4. The number of carbonyl (C=O) groups excluding carboxylic acids is 3. The van der Waals surface area contributed by atoms with Gasteiger partial charge in [0.15, 0.2) is 22.7 Å². The van der Waals surface area contributed by atoms with E-state index < -0.39 is 52.0 Å². The Labute approximate surface area is 416 Å². The predicted molar refractivity (Wildman–Crippen MR) is 274 cm³/mol. The number of pyridine rings is 1. The first kappa shape index (κ1) is 46.2. The fourth-order valence-corrected chi connectivity index (χ4v) is 11.1. The summed E-state index contributed by atoms with van der Waals surface area (Å²) in [5, 5.41) is 31.6. The summed E-state index contributed by atoms with van der Waals surface area (Å²) < 4.78 is 8.19. The number of aromatic hydroxyl groups is 1. The average Bonchev–Trinajstić information content (AvgIpc) is 3.88. The number of allylic oxidation sites excluding steroid dienone is 2. The van der Waals surface area contributed by atoms with Crippen molar-refractivity contribution in [2.75, 3.05) is 11.1 Å². The summed E-state index contributed by atoms with van der Waals surface area (Å²) in [5.74, 6) is -2.18. The topological polar surface area (TPSA) is 175 Å². The fourth-order valence-electron chi connectivity index (χ4n) is 9.00. The number of phenols is 1. The van der Waals surface area contributed by atoms with Crippen LogP contribution >= 0.6 is 23.1 Å². The number of benzene rings is 6. The minimum Gasteiger partial charge on any atom is -0.504 e. The number of esters is 1. The monoisotopic (exact) mass is 976 g/mol. The van der Waals surface area contributed by atoms with Crippen LogP contribution in [0.5, 0.6) is 5.75 Å². The molecule has 2 atom stereocenters. The maximum atomic E-state index is 14.7. The molecule has 71 heavy (non-hydrogen) atoms. The van der Waals surface area contributed by atoms with Gasteiger partial charge in [0.2, 0.25) is 5.43 Å². The first-order chi connectivity index (χ1) is 34.7. The van der Waals surface area contributed by atoms with Crippen LogP contribution in [-0.2, 0) is 31.2 Å². The molecule has 1 aromatic heterocycles. The lowest BCUT2D eigenvalue weighted by Gasteiger charge is -2.49. The van der Waals surface area contributed by atoms with Gasteiger partial charge in [0.05, 0.1) is 0 Å². The van der Waals surface area contributed by atoms with Crippen molar-refractivity contribution in [3.8, 4) is 16.9 Å². The number of aromatic nitrogens is 2. The van der Waals surface area contributed by atoms with Gasteiger partial charge in [-0.2, -0.15) is 0 Å². The lowest BCUT2D eigenvalue weighted by molar-refractivity contribution is -0.154. The SMILES string of the molecule is O=C(OC(c1ccccc1)c1ccccc1)C1=C(/C=C/Cn2ccc3cc(=O)c(O)cc-3c2)CSC2C(NC(=O)/C(=N\O)c3csc(NC(c4ccccc4)(c4ccccc4)c4ccccc4)n3)C(=O)N12. The van der Waals surface area contributed by atoms with Crippen LogP contribution < -0.4 is 16.1 Å². The first-order valence-corrected chi connectivity index (χ1v) is 24.6. The maximum Gasteiger partial charge on any atom is 0.356 e. The Morgan fingerprint density at radius 3 is 1.96 bits per heavy atom. The number of β-lactam (4-membered cyclic amide) rings is 1. The molecule has 4 aliphatic rings. The van der Waals surface area contributed by atoms with Gasteiger partial charge in [-0.1, -0.05) is 169 Å². The lowest BCUT2D eigenvalue weighted by atomic mass is 9.77. The molecule has 2 unspecified atom stereocenters. The molecule has 15 heteroatoms. The van der Waals surface area contributed by atoms with Gasteiger partial charge in [0.1, 0.15) is 28.3 Å². The molecule has 1 fully saturated rings. The number of hydrogen-bond donors (Lipinski definition) is 4. The lowest BCUT2D eigenvalue weighted by Crippen LogP contribution is -2.71. The molecule has 1 saturated heterocycles. The second-order valence-electron chi connectivity index (χ2n) is 16.8. The van der Waals surface area contributed by atoms with E-state index >= 15 is 0 Å². The van der Waals surface area contributed by atoms with Gasteiger partial charge in [-0.15, -0.1) is 23.1 Å². The van der Waals surface area contributed by atoms with E-state index in [1.54, 1.807) is 29.9 Å². The molecular formula is C56H44N6O7S2. The number of nitrogens with one attached hydrogen (secondary N) is 2. The Bertz CT molecular complexity index is 3210. The number of amides is 2. The molecule has 2 amide bonds. The van der Waals surface area contributed by atoms with E-state index in [9.17, 15) is 29.5 Å². The van der Waals surface area contributed by atoms with Crippen molar-refractivity contribution in [1.82, 2.24) is 19.8 Å². The number of hydrogen-bond acceptors (Lipinski definition) is 12. The Morgan fingerprint density at radius 1 is 0.803 bits per heavy atom. The van der Waals surface area contributed by atoms with E-state index in [4.69, 9.17) is 9.72 Å². The first-order valence-electron chi connectivity index (χ1n) is 22.6. The van der Waals surface area contributed by atoms with Gasteiger partial charge >= 0.3 is 5.97 Å². The smallest absolute Gasteiger partial charge is 0.356 e. The Kier molecular flexibility index (Phi) is 13.2. The molecule has 10 rings (SSSR count). The normalized spacial score (nSPS) is 15.9. The van der Waals surface area contributed by atoms with E-state index in [1.807, 2.05) is 162 Å². The number of ether oxygens (including phenoxy) is 1. The number of fused-ring (bicyclic) bond motifs is 2. The molecule has 6 aromatic rings. The third-order valence-electron chi connectivity index (χ3n) is 12.4. The summed E-state index contributed by atoms with van der Waals surface area (Å²) in [6.07, 6.45) is 6.42. The van der Waals surface area contributed by atoms with Crippen molar-refractivity contribution < 1.29 is 29.4 Å². The predicted octanol–water partition coefficient (Wildman–Crippen LogP) is 8.94. The van der Waals surface area contributed by atoms with Crippen LogP contribution in [0.25, 0.3) is 11.1 Å². The van der Waals surface area contributed by atoms with E-state index in [-0.39, 0.29) is 22.9 Å². The van der Waals surface area contributed by atoms with E-state index in [1.165, 1.54) is 40.1 Å². The zero-order chi connectivity index (χ0) is 48.9. The standard InChI is InChI=1S/C56H44N6O7S2/c63-45-31-38-28-30-61(33-40(38)32-46(45)64)29-16-21-39-34-70-53-48(52(66)62(53)49(39)54(67)69-50(36-17-6-1-7-18-36)37-19-8-2-9-20-37)58-51(65)47(60-68)44-35-71-55(57-44)59-56(41-22-10-3-11-23-41,42-24-12-4-13-25-42)43-26-14-5-15-27-43/h1-28,30-33,35,48,50,53,64,68H,29,34H2,(H,57,59)(H,58,65)/b21-16+,60-47-. The molecule has 0 radical (unpaired) electrons. The van der Waals surface area contributed by atoms with Crippen molar-refractivity contribution in [3.05, 3.63) is 255 Å². The van der Waals surface area contributed by atoms with Crippen molar-refractivity contribution >= 4 is 51.7 Å². The second-order valence-corrected chi connectivity index (χ2v) is 18.8. The maximum absolute atomic E-state index is 14.7. The second kappa shape index (κ2) is 20.2. The van der Waals surface area contributed by atoms with Crippen LogP contribution in [-0.4, -0.2) is 65.4 Å². The number of thiazole rings is 1. The van der Waals surface area contributed by atoms with Crippen LogP contribution in [0.4, 0.5) is 5.13 Å². The van der Waals surface area contributed by atoms with Crippen molar-refractivity contribution in [2.24, 2.45) is 5.16 Å². The van der Waals surface area contributed by atoms with Crippen molar-refractivity contribution in [1.29, 1.82) is 0 Å². The fraction of sp³-hybridized carbons (Fsp3) is 0.107. The average molecular weight is 977 g/mol. The molecule has 5 aromatic carbocycles. The number of carbonyl (C=O) groups is 3. The Balaban J connectivity index is 0.919. The molecular weight excluding hydrogens is 933 g/mol. The van der Waals surface area contributed by atoms with Crippen LogP contribution in [0, 0.1) is 0 Å². The van der Waals surface area contributed by atoms with E-state index in [0.717, 1.165) is 27.8 Å². The summed E-state index contributed by atoms with van der Waals surface area (Å²) in [6.45, 7) is 0.349. The zero-order valence-electron chi connectivity index (χ0n) is 37.7. The number of phenolic OH excluding ortho intramolecular Hbond substituents is 1. The highest BCUT2D eigenvalue weighted by Crippen LogP contribution is 2.43. The highest BCUT2D eigenvalue weighted by molar-refractivity contribution is 8.00. The van der Waals surface area contributed by atoms with Crippen LogP contribution in [0.2, 0.25) is 0 Å². The Hall–Kier alpha value is -8.53. The number of anilines is 1. The van der Waals surface area contributed by atoms with Crippen molar-refractivity contribution in [2.45, 2.75) is 29.6 Å². The number of oxime groups is 1. The third kappa shape index (κ3) is 9.23. The van der Waals surface area contributed by atoms with Gasteiger partial charge in [-0.25, -0.2) is 9.78 Å². The number of rotatable bonds is 15. The molecule has 0 bridgehead atoms. The number of thioether (sulfide) groups is 1. The van der Waals surface area contributed by atoms with Gasteiger partial charge < -0.3 is 30.3 Å². The van der Waals surface area contributed by atoms with E-state index in [2.05, 4.69) is 15.8 Å². The summed E-state index contributed by atoms with van der Waals surface area (Å²) >= 11 is 2.59. The molecule has 352 valence electrons. The van der Waals surface area contributed by atoms with Crippen molar-refractivity contribution in [3.63, 3.8) is 0 Å². The van der Waals surface area contributed by atoms with Crippen LogP contribution in [0.3, 0.4) is 0 Å². The third-order valence-corrected chi connectivity index (χ3v) is 14.5. The van der Waals surface area contributed by atoms with Gasteiger partial charge in [0, 0.05) is 35.6 Å². The summed E-state index contributed by atoms with van der Waals surface area (Å²) in [5.41, 5.74) is 4.53. The van der Waals surface area contributed by atoms with Crippen LogP contribution in [0.1, 0.15) is 39.6 Å². The minimum atomic E-state index is -1.09. The molecule has 0 spiro atoms. The quantitative estimate of drug-likeness (QED) is 0.0194.